The molecule has 0 atom stereocenters. The van der Waals surface area contributed by atoms with Crippen molar-refractivity contribution in [1.29, 1.82) is 0 Å². The van der Waals surface area contributed by atoms with Crippen molar-refractivity contribution < 1.29 is 27.0 Å². The maximum absolute atomic E-state index is 11.1. The largest absolute Gasteiger partial charge is 0.507 e. The van der Waals surface area contributed by atoms with Gasteiger partial charge in [0.05, 0.1) is 12.1 Å². The Kier molecular flexibility index (Phi) is 20.4. The molecule has 0 spiro atoms. The van der Waals surface area contributed by atoms with E-state index in [1.54, 1.807) is 6.21 Å². The predicted octanol–water partition coefficient (Wildman–Crippen LogP) is 11.1. The van der Waals surface area contributed by atoms with E-state index in [9.17, 15) is 10.2 Å². The summed E-state index contributed by atoms with van der Waals surface area (Å²) in [5.74, 6) is 1.11. The SMILES string of the molecule is CCCCC(CCCC)c1cc(C)c(O)c(C=NC(C)(C)CN=Cc2cc(C(C)(C)C)cc(C(C)(C)C)c2O)c1.[CH3-].[CH3-].[CH3-].[Co]. The van der Waals surface area contributed by atoms with Crippen molar-refractivity contribution in [3.8, 4) is 11.5 Å². The molecule has 0 aliphatic heterocycles. The van der Waals surface area contributed by atoms with Crippen molar-refractivity contribution in [3.05, 3.63) is 79.9 Å². The minimum atomic E-state index is -0.471. The smallest absolute Gasteiger partial charge is 0.128 e. The van der Waals surface area contributed by atoms with Gasteiger partial charge in [0, 0.05) is 45.9 Å². The molecule has 0 aromatic heterocycles. The molecule has 5 heteroatoms. The molecule has 0 aliphatic rings. The molecule has 0 heterocycles. The van der Waals surface area contributed by atoms with Crippen molar-refractivity contribution in [1.82, 2.24) is 0 Å². The zero-order valence-electron chi connectivity index (χ0n) is 30.6. The van der Waals surface area contributed by atoms with E-state index >= 15 is 0 Å². The average Bonchev–Trinajstić information content (AvgIpc) is 2.84. The van der Waals surface area contributed by atoms with Crippen LogP contribution >= 0.6 is 0 Å². The van der Waals surface area contributed by atoms with Gasteiger partial charge in [-0.1, -0.05) is 93.2 Å². The molecule has 0 saturated heterocycles. The van der Waals surface area contributed by atoms with Gasteiger partial charge in [-0.3, -0.25) is 9.98 Å². The zero-order valence-corrected chi connectivity index (χ0v) is 31.7. The summed E-state index contributed by atoms with van der Waals surface area (Å²) in [7, 11) is 0. The first kappa shape index (κ1) is 46.3. The predicted molar refractivity (Wildman–Crippen MR) is 194 cm³/mol. The number of hydrogen-bond acceptors (Lipinski definition) is 4. The number of unbranched alkanes of at least 4 members (excludes halogenated alkanes) is 2. The Morgan fingerprint density at radius 3 is 1.73 bits per heavy atom. The normalized spacial score (nSPS) is 12.1. The quantitative estimate of drug-likeness (QED) is 0.177. The Balaban J connectivity index is -0.00000420. The third-order valence-corrected chi connectivity index (χ3v) is 7.71. The number of rotatable bonds is 12. The van der Waals surface area contributed by atoms with E-state index in [4.69, 9.17) is 9.98 Å². The maximum Gasteiger partial charge on any atom is 0.128 e. The number of nitrogens with zero attached hydrogens (tertiary/aromatic N) is 2. The fourth-order valence-electron chi connectivity index (χ4n) is 4.96. The Morgan fingerprint density at radius 2 is 1.25 bits per heavy atom. The van der Waals surface area contributed by atoms with E-state index in [1.807, 2.05) is 33.1 Å². The van der Waals surface area contributed by atoms with Crippen LogP contribution in [0, 0.1) is 29.2 Å². The number of phenols is 2. The summed E-state index contributed by atoms with van der Waals surface area (Å²) in [6.45, 7) is 23.9. The van der Waals surface area contributed by atoms with Gasteiger partial charge in [-0.2, -0.15) is 0 Å². The molecule has 255 valence electrons. The van der Waals surface area contributed by atoms with Crippen molar-refractivity contribution >= 4 is 12.4 Å². The molecule has 1 radical (unpaired) electrons. The Labute approximate surface area is 283 Å². The molecule has 2 aromatic carbocycles. The monoisotopic (exact) mass is 652 g/mol. The molecule has 44 heavy (non-hydrogen) atoms. The summed E-state index contributed by atoms with van der Waals surface area (Å²) in [5, 5.41) is 21.9. The zero-order chi connectivity index (χ0) is 30.3. The summed E-state index contributed by atoms with van der Waals surface area (Å²) < 4.78 is 0. The standard InChI is InChI=1S/C36H56N2O2.3CH3.Co/c1-12-14-16-26(17-15-13-2)27-18-25(3)32(39)28(19-27)23-38-36(10,11)24-37-22-29-20-30(34(4,5)6)21-31(33(29)40)35(7,8)9;;;;/h18-23,26,39-40H,12-17,24H2,1-11H3;3*1H3;/q;3*-1;. The fraction of sp³-hybridized carbons (Fsp3) is 0.564. The second-order valence-corrected chi connectivity index (χ2v) is 14.3. The molecule has 0 unspecified atom stereocenters. The Morgan fingerprint density at radius 1 is 0.727 bits per heavy atom. The summed E-state index contributed by atoms with van der Waals surface area (Å²) in [5.41, 5.74) is 5.13. The van der Waals surface area contributed by atoms with Crippen LogP contribution in [0.5, 0.6) is 11.5 Å². The van der Waals surface area contributed by atoms with Gasteiger partial charge in [0.2, 0.25) is 0 Å². The molecule has 0 fully saturated rings. The number of aryl methyl sites for hydroxylation is 1. The van der Waals surface area contributed by atoms with Gasteiger partial charge in [-0.25, -0.2) is 0 Å². The van der Waals surface area contributed by atoms with Crippen molar-refractivity contribution in [2.45, 2.75) is 137 Å². The van der Waals surface area contributed by atoms with E-state index in [2.05, 4.69) is 73.6 Å². The molecule has 0 saturated carbocycles. The first-order chi connectivity index (χ1) is 18.5. The van der Waals surface area contributed by atoms with E-state index in [0.717, 1.165) is 22.3 Å². The summed E-state index contributed by atoms with van der Waals surface area (Å²) in [4.78, 5) is 9.58. The third kappa shape index (κ3) is 13.5. The summed E-state index contributed by atoms with van der Waals surface area (Å²) in [6, 6.07) is 8.45. The third-order valence-electron chi connectivity index (χ3n) is 7.71. The van der Waals surface area contributed by atoms with Crippen LogP contribution in [-0.2, 0) is 27.6 Å². The van der Waals surface area contributed by atoms with Crippen molar-refractivity contribution in [3.63, 3.8) is 0 Å². The van der Waals surface area contributed by atoms with Gasteiger partial charge in [-0.15, -0.1) is 0 Å². The van der Waals surface area contributed by atoms with E-state index < -0.39 is 5.54 Å². The molecule has 2 rings (SSSR count). The van der Waals surface area contributed by atoms with Crippen LogP contribution in [0.15, 0.2) is 34.3 Å². The van der Waals surface area contributed by atoms with Crippen LogP contribution in [0.2, 0.25) is 0 Å². The van der Waals surface area contributed by atoms with Crippen LogP contribution in [0.25, 0.3) is 0 Å². The van der Waals surface area contributed by atoms with Gasteiger partial charge in [0.15, 0.2) is 0 Å². The molecule has 2 aromatic rings. The number of aromatic hydroxyl groups is 2. The van der Waals surface area contributed by atoms with E-state index in [0.29, 0.717) is 24.0 Å². The number of aliphatic imine (C=N–C) groups is 2. The first-order valence-corrected chi connectivity index (χ1v) is 15.3. The maximum atomic E-state index is 11.1. The van der Waals surface area contributed by atoms with Crippen LogP contribution in [0.1, 0.15) is 147 Å². The number of benzene rings is 2. The topological polar surface area (TPSA) is 65.2 Å². The minimum absolute atomic E-state index is 0. The molecule has 2 N–H and O–H groups in total. The summed E-state index contributed by atoms with van der Waals surface area (Å²) >= 11 is 0. The van der Waals surface area contributed by atoms with Gasteiger partial charge in [0.25, 0.3) is 0 Å². The van der Waals surface area contributed by atoms with Crippen molar-refractivity contribution in [2.75, 3.05) is 6.54 Å². The minimum Gasteiger partial charge on any atom is -0.507 e. The van der Waals surface area contributed by atoms with Crippen LogP contribution in [0.4, 0.5) is 0 Å². The van der Waals surface area contributed by atoms with Gasteiger partial charge >= 0.3 is 0 Å². The first-order valence-electron chi connectivity index (χ1n) is 15.3. The molecule has 4 nitrogen and oxygen atoms in total. The van der Waals surface area contributed by atoms with Crippen molar-refractivity contribution in [2.24, 2.45) is 9.98 Å². The average molecular weight is 653 g/mol. The van der Waals surface area contributed by atoms with Gasteiger partial charge < -0.3 is 32.5 Å². The number of hydrogen-bond donors (Lipinski definition) is 2. The summed E-state index contributed by atoms with van der Waals surface area (Å²) in [6.07, 6.45) is 10.8. The number of phenolic OH excluding ortho intramolecular Hbond substituents is 2. The molecule has 0 amide bonds. The molecule has 0 bridgehead atoms. The van der Waals surface area contributed by atoms with E-state index in [1.165, 1.54) is 49.7 Å². The Bertz CT molecular complexity index is 1180. The van der Waals surface area contributed by atoms with Gasteiger partial charge in [0.1, 0.15) is 11.5 Å². The second kappa shape index (κ2) is 19.4. The van der Waals surface area contributed by atoms with Gasteiger partial charge in [-0.05, 0) is 79.2 Å². The van der Waals surface area contributed by atoms with Crippen LogP contribution < -0.4 is 0 Å². The molecular formula is C39H65CoN2O2-3. The van der Waals surface area contributed by atoms with Crippen LogP contribution in [-0.4, -0.2) is 34.7 Å². The molecule has 0 aliphatic carbocycles. The second-order valence-electron chi connectivity index (χ2n) is 14.3. The Hall–Kier alpha value is -2.11. The fourth-order valence-corrected chi connectivity index (χ4v) is 4.96. The van der Waals surface area contributed by atoms with Crippen LogP contribution in [0.3, 0.4) is 0 Å². The van der Waals surface area contributed by atoms with E-state index in [-0.39, 0.29) is 49.9 Å². The molecular weight excluding hydrogens is 587 g/mol.